The van der Waals surface area contributed by atoms with Crippen molar-refractivity contribution in [1.29, 1.82) is 0 Å². The lowest BCUT2D eigenvalue weighted by Gasteiger charge is -2.04. The Bertz CT molecular complexity index is 1310. The lowest BCUT2D eigenvalue weighted by molar-refractivity contribution is 0.0999. The molecule has 3 nitrogen and oxygen atoms in total. The third-order valence-corrected chi connectivity index (χ3v) is 5.69. The number of carbonyl (C=O) groups is 1. The van der Waals surface area contributed by atoms with Gasteiger partial charge in [0.2, 0.25) is 0 Å². The number of fused-ring (bicyclic) bond motifs is 2. The molecular weight excluding hydrogens is 399 g/mol. The molecule has 0 bridgehead atoms. The number of aromatic nitrogens is 1. The van der Waals surface area contributed by atoms with Gasteiger partial charge in [0.15, 0.2) is 4.80 Å². The zero-order valence-corrected chi connectivity index (χ0v) is 16.3. The van der Waals surface area contributed by atoms with Crippen LogP contribution in [0.2, 0.25) is 10.0 Å². The molecule has 0 spiro atoms. The van der Waals surface area contributed by atoms with Crippen LogP contribution in [-0.2, 0) is 6.54 Å². The monoisotopic (exact) mass is 410 g/mol. The Balaban J connectivity index is 1.94. The highest BCUT2D eigenvalue weighted by molar-refractivity contribution is 7.16. The van der Waals surface area contributed by atoms with Gasteiger partial charge in [-0.1, -0.05) is 76.9 Å². The van der Waals surface area contributed by atoms with Crippen molar-refractivity contribution >= 4 is 61.4 Å². The minimum atomic E-state index is -0.327. The lowest BCUT2D eigenvalue weighted by atomic mass is 10.0. The molecule has 0 aliphatic rings. The summed E-state index contributed by atoms with van der Waals surface area (Å²) in [5.74, 6) is 2.27. The highest BCUT2D eigenvalue weighted by Crippen LogP contribution is 2.29. The van der Waals surface area contributed by atoms with E-state index in [0.29, 0.717) is 20.4 Å². The van der Waals surface area contributed by atoms with Gasteiger partial charge in [-0.05, 0) is 29.0 Å². The summed E-state index contributed by atoms with van der Waals surface area (Å²) in [4.78, 5) is 17.8. The Morgan fingerprint density at radius 2 is 1.93 bits per heavy atom. The molecule has 27 heavy (non-hydrogen) atoms. The summed E-state index contributed by atoms with van der Waals surface area (Å²) < 4.78 is 2.59. The summed E-state index contributed by atoms with van der Waals surface area (Å²) in [5.41, 5.74) is 1.27. The number of nitrogens with zero attached hydrogens (tertiary/aromatic N) is 2. The van der Waals surface area contributed by atoms with Gasteiger partial charge in [0, 0.05) is 10.6 Å². The third kappa shape index (κ3) is 3.26. The molecule has 0 radical (unpaired) electrons. The van der Waals surface area contributed by atoms with Crippen molar-refractivity contribution in [3.63, 3.8) is 0 Å². The van der Waals surface area contributed by atoms with Crippen molar-refractivity contribution in [3.8, 4) is 12.3 Å². The summed E-state index contributed by atoms with van der Waals surface area (Å²) in [7, 11) is 0. The summed E-state index contributed by atoms with van der Waals surface area (Å²) in [6.45, 7) is 0.253. The van der Waals surface area contributed by atoms with Gasteiger partial charge in [0.1, 0.15) is 0 Å². The number of halogens is 2. The largest absolute Gasteiger partial charge is 0.303 e. The molecular formula is C21H12Cl2N2OS. The molecule has 6 heteroatoms. The number of amides is 1. The Kier molecular flexibility index (Phi) is 4.75. The first kappa shape index (κ1) is 17.8. The Morgan fingerprint density at radius 3 is 2.74 bits per heavy atom. The molecule has 0 aliphatic heterocycles. The first-order valence-electron chi connectivity index (χ1n) is 8.07. The smallest absolute Gasteiger partial charge is 0.280 e. The van der Waals surface area contributed by atoms with E-state index in [1.807, 2.05) is 36.4 Å². The van der Waals surface area contributed by atoms with Crippen LogP contribution in [0.25, 0.3) is 21.0 Å². The van der Waals surface area contributed by atoms with Crippen LogP contribution < -0.4 is 4.80 Å². The van der Waals surface area contributed by atoms with Crippen molar-refractivity contribution in [2.24, 2.45) is 4.99 Å². The van der Waals surface area contributed by atoms with Crippen LogP contribution in [0.4, 0.5) is 0 Å². The molecule has 0 saturated carbocycles. The van der Waals surface area contributed by atoms with Gasteiger partial charge in [-0.25, -0.2) is 0 Å². The van der Waals surface area contributed by atoms with E-state index in [2.05, 4.69) is 10.9 Å². The first-order valence-corrected chi connectivity index (χ1v) is 9.64. The van der Waals surface area contributed by atoms with Gasteiger partial charge < -0.3 is 4.57 Å². The zero-order valence-electron chi connectivity index (χ0n) is 13.9. The number of hydrogen-bond donors (Lipinski definition) is 0. The molecule has 0 fully saturated rings. The van der Waals surface area contributed by atoms with E-state index in [9.17, 15) is 4.79 Å². The Hall–Kier alpha value is -2.58. The minimum absolute atomic E-state index is 0.253. The molecule has 0 unspecified atom stereocenters. The van der Waals surface area contributed by atoms with E-state index in [-0.39, 0.29) is 12.5 Å². The van der Waals surface area contributed by atoms with Crippen LogP contribution in [0.3, 0.4) is 0 Å². The van der Waals surface area contributed by atoms with Gasteiger partial charge in [0.05, 0.1) is 21.8 Å². The molecule has 4 rings (SSSR count). The average Bonchev–Trinajstić information content (AvgIpc) is 2.98. The van der Waals surface area contributed by atoms with Gasteiger partial charge in [0.25, 0.3) is 5.91 Å². The van der Waals surface area contributed by atoms with E-state index in [1.165, 1.54) is 11.3 Å². The number of rotatable bonds is 2. The van der Waals surface area contributed by atoms with E-state index < -0.39 is 0 Å². The average molecular weight is 411 g/mol. The van der Waals surface area contributed by atoms with Gasteiger partial charge >= 0.3 is 0 Å². The molecule has 132 valence electrons. The summed E-state index contributed by atoms with van der Waals surface area (Å²) in [6.07, 6.45) is 5.51. The zero-order chi connectivity index (χ0) is 19.0. The highest BCUT2D eigenvalue weighted by Gasteiger charge is 2.13. The van der Waals surface area contributed by atoms with Crippen molar-refractivity contribution in [2.75, 3.05) is 0 Å². The van der Waals surface area contributed by atoms with Crippen LogP contribution in [-0.4, -0.2) is 10.5 Å². The van der Waals surface area contributed by atoms with Crippen molar-refractivity contribution in [3.05, 3.63) is 75.0 Å². The Morgan fingerprint density at radius 1 is 1.15 bits per heavy atom. The van der Waals surface area contributed by atoms with Gasteiger partial charge in [-0.3, -0.25) is 4.79 Å². The van der Waals surface area contributed by atoms with Gasteiger partial charge in [-0.2, -0.15) is 4.99 Å². The van der Waals surface area contributed by atoms with E-state index in [1.54, 1.807) is 22.8 Å². The Labute approximate surface area is 169 Å². The van der Waals surface area contributed by atoms with Gasteiger partial charge in [-0.15, -0.1) is 6.42 Å². The van der Waals surface area contributed by atoms with E-state index >= 15 is 0 Å². The molecule has 0 N–H and O–H groups in total. The van der Waals surface area contributed by atoms with Crippen molar-refractivity contribution in [1.82, 2.24) is 4.57 Å². The molecule has 3 aromatic carbocycles. The summed E-state index contributed by atoms with van der Waals surface area (Å²) in [5, 5.41) is 2.84. The fourth-order valence-electron chi connectivity index (χ4n) is 3.01. The number of thiazole rings is 1. The standard InChI is InChI=1S/C21H12Cl2N2OS/c1-2-10-25-19-17(23)11-14(22)12-18(19)27-21(25)24-20(26)16-9-5-7-13-6-3-4-8-15(13)16/h1,3-9,11-12H,10H2. The highest BCUT2D eigenvalue weighted by atomic mass is 35.5. The molecule has 1 aromatic heterocycles. The maximum absolute atomic E-state index is 12.9. The normalized spacial score (nSPS) is 11.8. The lowest BCUT2D eigenvalue weighted by Crippen LogP contribution is -2.16. The second-order valence-electron chi connectivity index (χ2n) is 5.85. The van der Waals surface area contributed by atoms with Crippen LogP contribution in [0.15, 0.2) is 59.6 Å². The predicted molar refractivity (Wildman–Crippen MR) is 113 cm³/mol. The third-order valence-electron chi connectivity index (χ3n) is 4.16. The fraction of sp³-hybridized carbons (Fsp3) is 0.0476. The number of terminal acetylenes is 1. The van der Waals surface area contributed by atoms with Crippen LogP contribution in [0.5, 0.6) is 0 Å². The molecule has 4 aromatic rings. The molecule has 0 atom stereocenters. The second kappa shape index (κ2) is 7.21. The predicted octanol–water partition coefficient (Wildman–Crippen LogP) is 5.54. The minimum Gasteiger partial charge on any atom is -0.303 e. The quantitative estimate of drug-likeness (QED) is 0.399. The fourth-order valence-corrected chi connectivity index (χ4v) is 4.82. The van der Waals surface area contributed by atoms with E-state index in [4.69, 9.17) is 29.6 Å². The second-order valence-corrected chi connectivity index (χ2v) is 7.71. The topological polar surface area (TPSA) is 34.4 Å². The SMILES string of the molecule is C#CCn1c(=NC(=O)c2cccc3ccccc23)sc2cc(Cl)cc(Cl)c21. The molecule has 1 heterocycles. The van der Waals surface area contributed by atoms with E-state index in [0.717, 1.165) is 21.0 Å². The summed E-state index contributed by atoms with van der Waals surface area (Å²) >= 11 is 13.8. The maximum atomic E-state index is 12.9. The summed E-state index contributed by atoms with van der Waals surface area (Å²) in [6, 6.07) is 16.8. The van der Waals surface area contributed by atoms with Crippen molar-refractivity contribution < 1.29 is 4.79 Å². The number of hydrogen-bond acceptors (Lipinski definition) is 2. The van der Waals surface area contributed by atoms with Crippen LogP contribution in [0, 0.1) is 12.3 Å². The molecule has 1 amide bonds. The maximum Gasteiger partial charge on any atom is 0.280 e. The van der Waals surface area contributed by atoms with Crippen LogP contribution in [0.1, 0.15) is 10.4 Å². The number of benzene rings is 3. The van der Waals surface area contributed by atoms with Crippen LogP contribution >= 0.6 is 34.5 Å². The first-order chi connectivity index (χ1) is 13.1. The number of carbonyl (C=O) groups excluding carboxylic acids is 1. The molecule has 0 saturated heterocycles. The molecule has 0 aliphatic carbocycles. The van der Waals surface area contributed by atoms with Crippen molar-refractivity contribution in [2.45, 2.75) is 6.54 Å².